The van der Waals surface area contributed by atoms with Crippen molar-refractivity contribution in [2.24, 2.45) is 0 Å². The van der Waals surface area contributed by atoms with Crippen LogP contribution in [0.5, 0.6) is 0 Å². The quantitative estimate of drug-likeness (QED) is 0.431. The van der Waals surface area contributed by atoms with Crippen molar-refractivity contribution in [3.63, 3.8) is 0 Å². The largest absolute Gasteiger partial charge is 0.205 e. The first-order valence-electron chi connectivity index (χ1n) is 10.3. The van der Waals surface area contributed by atoms with Gasteiger partial charge in [-0.2, -0.15) is 0 Å². The maximum atomic E-state index is 14.4. The van der Waals surface area contributed by atoms with Gasteiger partial charge in [-0.05, 0) is 60.4 Å². The Kier molecular flexibility index (Phi) is 7.42. The van der Waals surface area contributed by atoms with Crippen LogP contribution in [0.15, 0.2) is 60.7 Å². The van der Waals surface area contributed by atoms with Gasteiger partial charge in [-0.15, -0.1) is 0 Å². The molecule has 3 aromatic carbocycles. The molecule has 0 unspecified atom stereocenters. The summed E-state index contributed by atoms with van der Waals surface area (Å²) >= 11 is 0. The van der Waals surface area contributed by atoms with E-state index in [1.165, 1.54) is 23.3 Å². The van der Waals surface area contributed by atoms with E-state index in [2.05, 4.69) is 37.5 Å². The van der Waals surface area contributed by atoms with Gasteiger partial charge in [0.15, 0.2) is 0 Å². The minimum Gasteiger partial charge on any atom is -0.205 e. The molecule has 3 rings (SSSR count). The average molecular weight is 398 g/mol. The second kappa shape index (κ2) is 10.4. The molecular formula is C28H24F2. The van der Waals surface area contributed by atoms with Gasteiger partial charge in [0.25, 0.3) is 0 Å². The van der Waals surface area contributed by atoms with Gasteiger partial charge in [-0.1, -0.05) is 74.6 Å². The van der Waals surface area contributed by atoms with E-state index in [1.807, 2.05) is 48.5 Å². The van der Waals surface area contributed by atoms with Crippen LogP contribution in [-0.2, 0) is 12.8 Å². The van der Waals surface area contributed by atoms with E-state index in [0.717, 1.165) is 36.8 Å². The highest BCUT2D eigenvalue weighted by Gasteiger charge is 2.08. The van der Waals surface area contributed by atoms with Crippen LogP contribution in [0.3, 0.4) is 0 Å². The topological polar surface area (TPSA) is 0 Å². The number of rotatable bonds is 4. The SMILES string of the molecule is CCCc1ccc(C#Cc2cc(F)c(C#Cc3ccc(CCC)cc3)c(F)c2)cc1. The molecule has 0 saturated heterocycles. The summed E-state index contributed by atoms with van der Waals surface area (Å²) in [6.45, 7) is 4.25. The first-order chi connectivity index (χ1) is 14.6. The summed E-state index contributed by atoms with van der Waals surface area (Å²) in [5.41, 5.74) is 4.07. The Morgan fingerprint density at radius 1 is 0.567 bits per heavy atom. The maximum Gasteiger partial charge on any atom is 0.143 e. The number of hydrogen-bond acceptors (Lipinski definition) is 0. The molecule has 0 saturated carbocycles. The molecule has 0 amide bonds. The van der Waals surface area contributed by atoms with Gasteiger partial charge in [0, 0.05) is 16.7 Å². The highest BCUT2D eigenvalue weighted by atomic mass is 19.1. The lowest BCUT2D eigenvalue weighted by atomic mass is 10.1. The first-order valence-corrected chi connectivity index (χ1v) is 10.3. The molecule has 0 aromatic heterocycles. The van der Waals surface area contributed by atoms with E-state index in [9.17, 15) is 8.78 Å². The minimum absolute atomic E-state index is 0.234. The molecule has 0 radical (unpaired) electrons. The smallest absolute Gasteiger partial charge is 0.143 e. The predicted molar refractivity (Wildman–Crippen MR) is 119 cm³/mol. The average Bonchev–Trinajstić information content (AvgIpc) is 2.74. The molecule has 3 aromatic rings. The van der Waals surface area contributed by atoms with Gasteiger partial charge in [0.1, 0.15) is 11.6 Å². The first kappa shape index (κ1) is 21.4. The highest BCUT2D eigenvalue weighted by Crippen LogP contribution is 2.15. The van der Waals surface area contributed by atoms with Gasteiger partial charge in [-0.25, -0.2) is 8.78 Å². The van der Waals surface area contributed by atoms with Crippen molar-refractivity contribution in [3.8, 4) is 23.7 Å². The zero-order valence-corrected chi connectivity index (χ0v) is 17.4. The zero-order chi connectivity index (χ0) is 21.3. The van der Waals surface area contributed by atoms with Gasteiger partial charge in [0.05, 0.1) is 5.56 Å². The van der Waals surface area contributed by atoms with Crippen molar-refractivity contribution < 1.29 is 8.78 Å². The van der Waals surface area contributed by atoms with Crippen molar-refractivity contribution >= 4 is 0 Å². The maximum absolute atomic E-state index is 14.4. The summed E-state index contributed by atoms with van der Waals surface area (Å²) in [5.74, 6) is 9.85. The van der Waals surface area contributed by atoms with Crippen LogP contribution in [0.25, 0.3) is 0 Å². The van der Waals surface area contributed by atoms with Crippen molar-refractivity contribution in [1.29, 1.82) is 0 Å². The third-order valence-corrected chi connectivity index (χ3v) is 4.71. The Bertz CT molecular complexity index is 1090. The summed E-state index contributed by atoms with van der Waals surface area (Å²) in [6.07, 6.45) is 4.18. The van der Waals surface area contributed by atoms with Crippen LogP contribution in [0.4, 0.5) is 8.78 Å². The summed E-state index contributed by atoms with van der Waals surface area (Å²) in [7, 11) is 0. The molecule has 0 bridgehead atoms. The lowest BCUT2D eigenvalue weighted by Gasteiger charge is -2.00. The fourth-order valence-electron chi connectivity index (χ4n) is 3.13. The van der Waals surface area contributed by atoms with E-state index in [1.54, 1.807) is 0 Å². The summed E-state index contributed by atoms with van der Waals surface area (Å²) in [6, 6.07) is 18.1. The Morgan fingerprint density at radius 3 is 1.40 bits per heavy atom. The van der Waals surface area contributed by atoms with Crippen LogP contribution >= 0.6 is 0 Å². The molecule has 0 fully saturated rings. The van der Waals surface area contributed by atoms with Gasteiger partial charge >= 0.3 is 0 Å². The third-order valence-electron chi connectivity index (χ3n) is 4.71. The van der Waals surface area contributed by atoms with Crippen LogP contribution < -0.4 is 0 Å². The number of hydrogen-bond donors (Lipinski definition) is 0. The van der Waals surface area contributed by atoms with E-state index in [-0.39, 0.29) is 11.1 Å². The molecule has 0 aliphatic carbocycles. The third kappa shape index (κ3) is 5.82. The Labute approximate surface area is 178 Å². The zero-order valence-electron chi connectivity index (χ0n) is 17.4. The highest BCUT2D eigenvalue weighted by molar-refractivity contribution is 5.49. The lowest BCUT2D eigenvalue weighted by molar-refractivity contribution is 0.577. The standard InChI is InChI=1S/C28H24F2/c1-3-5-21-7-11-23(12-8-21)15-16-25-19-27(29)26(28(30)20-25)18-17-24-13-9-22(6-4-2)10-14-24/h7-14,19-20H,3-6H2,1-2H3. The van der Waals surface area contributed by atoms with Crippen molar-refractivity contribution in [3.05, 3.63) is 106 Å². The van der Waals surface area contributed by atoms with Gasteiger partial charge in [0.2, 0.25) is 0 Å². The Hall–Kier alpha value is -3.36. The van der Waals surface area contributed by atoms with Crippen LogP contribution in [-0.4, -0.2) is 0 Å². The summed E-state index contributed by atoms with van der Waals surface area (Å²) in [4.78, 5) is 0. The molecule has 150 valence electrons. The van der Waals surface area contributed by atoms with E-state index >= 15 is 0 Å². The minimum atomic E-state index is -0.701. The molecule has 0 aliphatic rings. The second-order valence-electron chi connectivity index (χ2n) is 7.21. The Morgan fingerprint density at radius 2 is 0.967 bits per heavy atom. The van der Waals surface area contributed by atoms with Gasteiger partial charge in [-0.3, -0.25) is 0 Å². The monoisotopic (exact) mass is 398 g/mol. The van der Waals surface area contributed by atoms with Crippen LogP contribution in [0.1, 0.15) is 60.1 Å². The van der Waals surface area contributed by atoms with Crippen molar-refractivity contribution in [2.45, 2.75) is 39.5 Å². The fraction of sp³-hybridized carbons (Fsp3) is 0.214. The number of halogens is 2. The van der Waals surface area contributed by atoms with Gasteiger partial charge < -0.3 is 0 Å². The molecule has 0 spiro atoms. The van der Waals surface area contributed by atoms with E-state index in [0.29, 0.717) is 0 Å². The van der Waals surface area contributed by atoms with Crippen LogP contribution in [0, 0.1) is 35.3 Å². The van der Waals surface area contributed by atoms with Crippen molar-refractivity contribution in [1.82, 2.24) is 0 Å². The van der Waals surface area contributed by atoms with E-state index < -0.39 is 11.6 Å². The second-order valence-corrected chi connectivity index (χ2v) is 7.21. The molecule has 0 nitrogen and oxygen atoms in total. The fourth-order valence-corrected chi connectivity index (χ4v) is 3.13. The predicted octanol–water partition coefficient (Wildman–Crippen LogP) is 6.67. The molecule has 2 heteroatoms. The Balaban J connectivity index is 1.78. The molecule has 0 aliphatic heterocycles. The number of benzene rings is 3. The van der Waals surface area contributed by atoms with Crippen LogP contribution in [0.2, 0.25) is 0 Å². The summed E-state index contributed by atoms with van der Waals surface area (Å²) in [5, 5.41) is 0. The number of aryl methyl sites for hydroxylation is 2. The normalized spacial score (nSPS) is 10.0. The molecule has 0 N–H and O–H groups in total. The lowest BCUT2D eigenvalue weighted by Crippen LogP contribution is -1.93. The molecular weight excluding hydrogens is 374 g/mol. The molecule has 30 heavy (non-hydrogen) atoms. The van der Waals surface area contributed by atoms with E-state index in [4.69, 9.17) is 0 Å². The molecule has 0 heterocycles. The molecule has 0 atom stereocenters. The van der Waals surface area contributed by atoms with Crippen molar-refractivity contribution in [2.75, 3.05) is 0 Å². The summed E-state index contributed by atoms with van der Waals surface area (Å²) < 4.78 is 28.9.